The number of benzene rings is 1. The van der Waals surface area contributed by atoms with Gasteiger partial charge in [-0.15, -0.1) is 10.2 Å². The van der Waals surface area contributed by atoms with Crippen LogP contribution in [-0.2, 0) is 17.8 Å². The maximum absolute atomic E-state index is 11.0. The molecule has 2 rings (SSSR count). The van der Waals surface area contributed by atoms with Gasteiger partial charge in [-0.05, 0) is 18.6 Å². The first-order chi connectivity index (χ1) is 10.1. The summed E-state index contributed by atoms with van der Waals surface area (Å²) in [5.74, 6) is 1.17. The molecule has 1 heterocycles. The predicted octanol–water partition coefficient (Wildman–Crippen LogP) is 1.27. The van der Waals surface area contributed by atoms with E-state index in [4.69, 9.17) is 10.5 Å². The van der Waals surface area contributed by atoms with Gasteiger partial charge in [0.2, 0.25) is 0 Å². The van der Waals surface area contributed by atoms with E-state index in [9.17, 15) is 10.1 Å². The van der Waals surface area contributed by atoms with E-state index >= 15 is 0 Å². The van der Waals surface area contributed by atoms with Crippen LogP contribution in [0.15, 0.2) is 18.2 Å². The number of aryl methyl sites for hydroxylation is 1. The quantitative estimate of drug-likeness (QED) is 0.634. The Kier molecular flexibility index (Phi) is 4.61. The van der Waals surface area contributed by atoms with Gasteiger partial charge in [0.05, 0.1) is 18.1 Å². The van der Waals surface area contributed by atoms with E-state index < -0.39 is 4.92 Å². The van der Waals surface area contributed by atoms with Gasteiger partial charge in [0, 0.05) is 31.4 Å². The first-order valence-electron chi connectivity index (χ1n) is 6.44. The zero-order chi connectivity index (χ0) is 15.4. The molecule has 8 heteroatoms. The third-order valence-corrected chi connectivity index (χ3v) is 3.06. The zero-order valence-corrected chi connectivity index (χ0v) is 11.9. The summed E-state index contributed by atoms with van der Waals surface area (Å²) < 4.78 is 6.89. The summed E-state index contributed by atoms with van der Waals surface area (Å²) in [5.41, 5.74) is 7.11. The lowest BCUT2D eigenvalue weighted by Gasteiger charge is -2.09. The zero-order valence-electron chi connectivity index (χ0n) is 11.9. The minimum Gasteiger partial charge on any atom is -0.383 e. The second kappa shape index (κ2) is 6.42. The Morgan fingerprint density at radius 3 is 2.76 bits per heavy atom. The molecule has 1 aromatic carbocycles. The van der Waals surface area contributed by atoms with E-state index in [-0.39, 0.29) is 12.2 Å². The number of nitrogens with two attached hydrogens (primary N) is 1. The van der Waals surface area contributed by atoms with Gasteiger partial charge in [0.1, 0.15) is 5.82 Å². The second-order valence-electron chi connectivity index (χ2n) is 4.60. The highest BCUT2D eigenvalue weighted by Gasteiger charge is 2.16. The van der Waals surface area contributed by atoms with E-state index in [1.54, 1.807) is 14.0 Å². The molecular formula is C13H17N5O3. The highest BCUT2D eigenvalue weighted by atomic mass is 16.6. The van der Waals surface area contributed by atoms with Crippen LogP contribution in [0.2, 0.25) is 0 Å². The third-order valence-electron chi connectivity index (χ3n) is 3.06. The van der Waals surface area contributed by atoms with Crippen LogP contribution in [0, 0.1) is 17.0 Å². The van der Waals surface area contributed by atoms with Gasteiger partial charge in [-0.2, -0.15) is 0 Å². The minimum atomic E-state index is -0.420. The summed E-state index contributed by atoms with van der Waals surface area (Å²) in [6, 6.07) is 4.84. The predicted molar refractivity (Wildman–Crippen MR) is 76.6 cm³/mol. The summed E-state index contributed by atoms with van der Waals surface area (Å²) in [7, 11) is 1.60. The molecule has 112 valence electrons. The van der Waals surface area contributed by atoms with Gasteiger partial charge in [-0.25, -0.2) is 0 Å². The lowest BCUT2D eigenvalue weighted by molar-refractivity contribution is -0.384. The Bertz CT molecular complexity index is 653. The summed E-state index contributed by atoms with van der Waals surface area (Å²) in [6.45, 7) is 3.06. The molecule has 2 N–H and O–H groups in total. The van der Waals surface area contributed by atoms with Gasteiger partial charge in [-0.3, -0.25) is 10.1 Å². The molecule has 1 aromatic heterocycles. The fourth-order valence-electron chi connectivity index (χ4n) is 2.11. The SMILES string of the molecule is COCCn1c(CN)nnc1-c1cc(C)cc([N+](=O)[O-])c1. The number of aromatic nitrogens is 3. The summed E-state index contributed by atoms with van der Waals surface area (Å²) in [6.07, 6.45) is 0. The van der Waals surface area contributed by atoms with Crippen LogP contribution < -0.4 is 5.73 Å². The molecule has 0 fully saturated rings. The molecular weight excluding hydrogens is 274 g/mol. The topological polar surface area (TPSA) is 109 Å². The van der Waals surface area contributed by atoms with Crippen LogP contribution in [0.4, 0.5) is 5.69 Å². The van der Waals surface area contributed by atoms with Crippen molar-refractivity contribution < 1.29 is 9.66 Å². The lowest BCUT2D eigenvalue weighted by Crippen LogP contribution is -2.12. The van der Waals surface area contributed by atoms with E-state index in [2.05, 4.69) is 10.2 Å². The summed E-state index contributed by atoms with van der Waals surface area (Å²) >= 11 is 0. The van der Waals surface area contributed by atoms with Crippen molar-refractivity contribution in [2.45, 2.75) is 20.0 Å². The normalized spacial score (nSPS) is 10.8. The number of methoxy groups -OCH3 is 1. The average molecular weight is 291 g/mol. The molecule has 0 radical (unpaired) electrons. The van der Waals surface area contributed by atoms with Crippen LogP contribution in [0.5, 0.6) is 0 Å². The Morgan fingerprint density at radius 1 is 1.38 bits per heavy atom. The van der Waals surface area contributed by atoms with Gasteiger partial charge >= 0.3 is 0 Å². The van der Waals surface area contributed by atoms with Crippen molar-refractivity contribution in [3.63, 3.8) is 0 Å². The lowest BCUT2D eigenvalue weighted by atomic mass is 10.1. The Morgan fingerprint density at radius 2 is 2.14 bits per heavy atom. The van der Waals surface area contributed by atoms with Gasteiger partial charge < -0.3 is 15.0 Å². The maximum atomic E-state index is 11.0. The number of hydrogen-bond donors (Lipinski definition) is 1. The standard InChI is InChI=1S/C13H17N5O3/c1-9-5-10(7-11(6-9)18(19)20)13-16-15-12(8-14)17(13)3-4-21-2/h5-7H,3-4,8,14H2,1-2H3. The van der Waals surface area contributed by atoms with Crippen molar-refractivity contribution in [1.29, 1.82) is 0 Å². The van der Waals surface area contributed by atoms with Crippen molar-refractivity contribution in [1.82, 2.24) is 14.8 Å². The largest absolute Gasteiger partial charge is 0.383 e. The summed E-state index contributed by atoms with van der Waals surface area (Å²) in [5, 5.41) is 19.1. The third kappa shape index (κ3) is 3.23. The smallest absolute Gasteiger partial charge is 0.270 e. The Hall–Kier alpha value is -2.32. The van der Waals surface area contributed by atoms with Crippen molar-refractivity contribution in [3.8, 4) is 11.4 Å². The minimum absolute atomic E-state index is 0.0283. The molecule has 0 aliphatic heterocycles. The monoisotopic (exact) mass is 291 g/mol. The van der Waals surface area contributed by atoms with Crippen LogP contribution >= 0.6 is 0 Å². The molecule has 0 aliphatic rings. The fraction of sp³-hybridized carbons (Fsp3) is 0.385. The van der Waals surface area contributed by atoms with Gasteiger partial charge in [0.15, 0.2) is 5.82 Å². The van der Waals surface area contributed by atoms with E-state index in [1.807, 2.05) is 10.6 Å². The van der Waals surface area contributed by atoms with E-state index in [0.29, 0.717) is 30.4 Å². The van der Waals surface area contributed by atoms with Crippen molar-refractivity contribution >= 4 is 5.69 Å². The molecule has 0 unspecified atom stereocenters. The average Bonchev–Trinajstić information content (AvgIpc) is 2.87. The first kappa shape index (κ1) is 15.1. The number of nitrogens with zero attached hydrogens (tertiary/aromatic N) is 4. The van der Waals surface area contributed by atoms with Crippen molar-refractivity contribution in [3.05, 3.63) is 39.7 Å². The number of rotatable bonds is 6. The molecule has 0 amide bonds. The van der Waals surface area contributed by atoms with Crippen LogP contribution in [-0.4, -0.2) is 33.4 Å². The van der Waals surface area contributed by atoms with Crippen molar-refractivity contribution in [2.75, 3.05) is 13.7 Å². The molecule has 0 spiro atoms. The Balaban J connectivity index is 2.50. The highest BCUT2D eigenvalue weighted by molar-refractivity contribution is 5.61. The van der Waals surface area contributed by atoms with Gasteiger partial charge in [-0.1, -0.05) is 0 Å². The molecule has 0 saturated carbocycles. The molecule has 0 aliphatic carbocycles. The number of non-ortho nitro benzene ring substituents is 1. The highest BCUT2D eigenvalue weighted by Crippen LogP contribution is 2.25. The van der Waals surface area contributed by atoms with E-state index in [1.165, 1.54) is 12.1 Å². The molecule has 0 saturated heterocycles. The number of nitro groups is 1. The number of ether oxygens (including phenoxy) is 1. The number of hydrogen-bond acceptors (Lipinski definition) is 6. The first-order valence-corrected chi connectivity index (χ1v) is 6.44. The number of nitro benzene ring substituents is 1. The fourth-order valence-corrected chi connectivity index (χ4v) is 2.11. The van der Waals surface area contributed by atoms with Crippen LogP contribution in [0.3, 0.4) is 0 Å². The Labute approximate surface area is 121 Å². The van der Waals surface area contributed by atoms with Crippen molar-refractivity contribution in [2.24, 2.45) is 5.73 Å². The van der Waals surface area contributed by atoms with Crippen LogP contribution in [0.1, 0.15) is 11.4 Å². The molecule has 0 atom stereocenters. The van der Waals surface area contributed by atoms with Crippen LogP contribution in [0.25, 0.3) is 11.4 Å². The second-order valence-corrected chi connectivity index (χ2v) is 4.60. The van der Waals surface area contributed by atoms with E-state index in [0.717, 1.165) is 5.56 Å². The molecule has 2 aromatic rings. The maximum Gasteiger partial charge on any atom is 0.270 e. The summed E-state index contributed by atoms with van der Waals surface area (Å²) in [4.78, 5) is 10.6. The molecule has 21 heavy (non-hydrogen) atoms. The van der Waals surface area contributed by atoms with Gasteiger partial charge in [0.25, 0.3) is 5.69 Å². The molecule has 0 bridgehead atoms. The molecule has 8 nitrogen and oxygen atoms in total.